The van der Waals surface area contributed by atoms with Crippen molar-refractivity contribution >= 4 is 11.9 Å². The summed E-state index contributed by atoms with van der Waals surface area (Å²) in [7, 11) is 0. The van der Waals surface area contributed by atoms with Crippen molar-refractivity contribution in [3.05, 3.63) is 23.8 Å². The fourth-order valence-electron chi connectivity index (χ4n) is 4.46. The van der Waals surface area contributed by atoms with Gasteiger partial charge in [-0.25, -0.2) is 9.59 Å². The Kier molecular flexibility index (Phi) is 7.26. The Bertz CT molecular complexity index is 585. The molecule has 0 spiro atoms. The molecule has 26 heavy (non-hydrogen) atoms. The molecule has 0 aromatic rings. The van der Waals surface area contributed by atoms with Crippen molar-refractivity contribution in [1.29, 1.82) is 0 Å². The molecule has 3 atom stereocenters. The smallest absolute Gasteiger partial charge is 0.330 e. The first-order chi connectivity index (χ1) is 11.8. The normalized spacial score (nSPS) is 29.3. The van der Waals surface area contributed by atoms with Gasteiger partial charge in [0.2, 0.25) is 0 Å². The van der Waals surface area contributed by atoms with E-state index < -0.39 is 11.9 Å². The molecule has 0 saturated heterocycles. The summed E-state index contributed by atoms with van der Waals surface area (Å²) in [5.74, 6) is 0.138. The van der Waals surface area contributed by atoms with E-state index in [1.165, 1.54) is 19.3 Å². The maximum atomic E-state index is 10.9. The van der Waals surface area contributed by atoms with Gasteiger partial charge in [0, 0.05) is 11.1 Å². The highest BCUT2D eigenvalue weighted by molar-refractivity contribution is 5.86. The Morgan fingerprint density at radius 1 is 1.19 bits per heavy atom. The second-order valence-corrected chi connectivity index (χ2v) is 9.21. The Morgan fingerprint density at radius 2 is 1.77 bits per heavy atom. The van der Waals surface area contributed by atoms with Crippen molar-refractivity contribution in [1.82, 2.24) is 0 Å². The molecule has 2 aliphatic rings. The van der Waals surface area contributed by atoms with Gasteiger partial charge in [0.05, 0.1) is 0 Å². The molecular weight excluding hydrogens is 328 g/mol. The fourth-order valence-corrected chi connectivity index (χ4v) is 4.46. The third-order valence-electron chi connectivity index (χ3n) is 6.98. The second kappa shape index (κ2) is 8.41. The van der Waals surface area contributed by atoms with Gasteiger partial charge in [-0.2, -0.15) is 0 Å². The standard InChI is InChI=1S/C14H22O2.C8H14O2/c1-9(12(15)16)7-11-8-10-5-6-14(11,4)13(10,2)3;1-6(2)4-5-7(3)8(9)10/h7,10-11H,5-6,8H2,1-4H3,(H,15,16);6H,3-5H2,1-2H3,(H,9,10). The summed E-state index contributed by atoms with van der Waals surface area (Å²) >= 11 is 0. The Labute approximate surface area is 158 Å². The molecule has 0 amide bonds. The molecule has 0 radical (unpaired) electrons. The highest BCUT2D eigenvalue weighted by atomic mass is 16.4. The van der Waals surface area contributed by atoms with Crippen molar-refractivity contribution in [3.8, 4) is 0 Å². The number of rotatable bonds is 6. The highest BCUT2D eigenvalue weighted by Gasteiger charge is 2.60. The van der Waals surface area contributed by atoms with Gasteiger partial charge in [0.15, 0.2) is 0 Å². The summed E-state index contributed by atoms with van der Waals surface area (Å²) < 4.78 is 0. The Morgan fingerprint density at radius 3 is 2.12 bits per heavy atom. The van der Waals surface area contributed by atoms with E-state index in [0.29, 0.717) is 40.2 Å². The van der Waals surface area contributed by atoms with Crippen LogP contribution in [0.5, 0.6) is 0 Å². The van der Waals surface area contributed by atoms with Gasteiger partial charge in [-0.1, -0.05) is 47.3 Å². The first-order valence-electron chi connectivity index (χ1n) is 9.65. The summed E-state index contributed by atoms with van der Waals surface area (Å²) in [5.41, 5.74) is 1.49. The lowest BCUT2D eigenvalue weighted by molar-refractivity contribution is -0.133. The number of carboxylic acids is 2. The van der Waals surface area contributed by atoms with Crippen LogP contribution in [0.2, 0.25) is 0 Å². The Balaban J connectivity index is 0.000000294. The van der Waals surface area contributed by atoms with E-state index in [-0.39, 0.29) is 0 Å². The van der Waals surface area contributed by atoms with Crippen molar-refractivity contribution < 1.29 is 19.8 Å². The van der Waals surface area contributed by atoms with E-state index in [1.54, 1.807) is 6.92 Å². The average Bonchev–Trinajstić information content (AvgIpc) is 2.86. The van der Waals surface area contributed by atoms with Crippen molar-refractivity contribution in [2.75, 3.05) is 0 Å². The third kappa shape index (κ3) is 4.77. The molecule has 2 saturated carbocycles. The number of carboxylic acid groups (broad SMARTS) is 2. The highest BCUT2D eigenvalue weighted by Crippen LogP contribution is 2.68. The van der Waals surface area contributed by atoms with E-state index in [4.69, 9.17) is 10.2 Å². The maximum Gasteiger partial charge on any atom is 0.330 e. The van der Waals surface area contributed by atoms with Crippen LogP contribution < -0.4 is 0 Å². The number of hydrogen-bond acceptors (Lipinski definition) is 2. The van der Waals surface area contributed by atoms with Gasteiger partial charge in [-0.15, -0.1) is 0 Å². The lowest BCUT2D eigenvalue weighted by atomic mass is 9.66. The van der Waals surface area contributed by atoms with E-state index in [2.05, 4.69) is 41.2 Å². The summed E-state index contributed by atoms with van der Waals surface area (Å²) in [6, 6.07) is 0. The zero-order valence-electron chi connectivity index (χ0n) is 17.3. The number of aliphatic carboxylic acids is 2. The van der Waals surface area contributed by atoms with Crippen LogP contribution in [0, 0.1) is 28.6 Å². The van der Waals surface area contributed by atoms with Crippen LogP contribution in [0.25, 0.3) is 0 Å². The number of carbonyl (C=O) groups is 2. The first kappa shape index (κ1) is 22.5. The second-order valence-electron chi connectivity index (χ2n) is 9.21. The lowest BCUT2D eigenvalue weighted by Crippen LogP contribution is -2.31. The summed E-state index contributed by atoms with van der Waals surface area (Å²) in [4.78, 5) is 21.1. The van der Waals surface area contributed by atoms with E-state index in [0.717, 1.165) is 12.3 Å². The molecule has 4 nitrogen and oxygen atoms in total. The molecule has 0 aromatic carbocycles. The van der Waals surface area contributed by atoms with Crippen LogP contribution in [0.1, 0.15) is 73.6 Å². The minimum Gasteiger partial charge on any atom is -0.478 e. The van der Waals surface area contributed by atoms with Crippen LogP contribution in [-0.4, -0.2) is 22.2 Å². The molecule has 2 rings (SSSR count). The monoisotopic (exact) mass is 364 g/mol. The minimum atomic E-state index is -0.874. The molecule has 148 valence electrons. The van der Waals surface area contributed by atoms with Crippen molar-refractivity contribution in [2.45, 2.75) is 73.6 Å². The number of allylic oxidation sites excluding steroid dienone is 1. The molecule has 2 bridgehead atoms. The topological polar surface area (TPSA) is 74.6 Å². The van der Waals surface area contributed by atoms with Crippen molar-refractivity contribution in [3.63, 3.8) is 0 Å². The molecule has 0 aromatic heterocycles. The lowest BCUT2D eigenvalue weighted by Gasteiger charge is -2.38. The predicted octanol–water partition coefficient (Wildman–Crippen LogP) is 5.54. The van der Waals surface area contributed by atoms with Gasteiger partial charge in [0.1, 0.15) is 0 Å². The summed E-state index contributed by atoms with van der Waals surface area (Å²) in [6.45, 7) is 16.3. The van der Waals surface area contributed by atoms with E-state index >= 15 is 0 Å². The van der Waals surface area contributed by atoms with Crippen LogP contribution in [0.15, 0.2) is 23.8 Å². The van der Waals surface area contributed by atoms with Gasteiger partial charge in [-0.05, 0) is 67.6 Å². The minimum absolute atomic E-state index is 0.300. The van der Waals surface area contributed by atoms with Gasteiger partial charge in [0.25, 0.3) is 0 Å². The predicted molar refractivity (Wildman–Crippen MR) is 105 cm³/mol. The van der Waals surface area contributed by atoms with Crippen LogP contribution in [-0.2, 0) is 9.59 Å². The third-order valence-corrected chi connectivity index (χ3v) is 6.98. The largest absolute Gasteiger partial charge is 0.478 e. The average molecular weight is 365 g/mol. The van der Waals surface area contributed by atoms with Crippen LogP contribution >= 0.6 is 0 Å². The van der Waals surface area contributed by atoms with E-state index in [1.807, 2.05) is 6.08 Å². The zero-order valence-corrected chi connectivity index (χ0v) is 17.3. The SMILES string of the molecule is C=C(CCC(C)C)C(=O)O.CC(=CC1CC2CCC1(C)C2(C)C)C(=O)O. The molecule has 3 unspecified atom stereocenters. The zero-order chi connectivity index (χ0) is 20.3. The number of hydrogen-bond donors (Lipinski definition) is 2. The van der Waals surface area contributed by atoms with Crippen LogP contribution in [0.4, 0.5) is 0 Å². The summed E-state index contributed by atoms with van der Waals surface area (Å²) in [5, 5.41) is 17.4. The summed E-state index contributed by atoms with van der Waals surface area (Å²) in [6.07, 6.45) is 7.26. The molecule has 2 N–H and O–H groups in total. The van der Waals surface area contributed by atoms with Crippen molar-refractivity contribution in [2.24, 2.45) is 28.6 Å². The molecule has 0 aliphatic heterocycles. The van der Waals surface area contributed by atoms with Gasteiger partial charge in [-0.3, -0.25) is 0 Å². The van der Waals surface area contributed by atoms with Gasteiger partial charge < -0.3 is 10.2 Å². The maximum absolute atomic E-state index is 10.9. The fraction of sp³-hybridized carbons (Fsp3) is 0.727. The van der Waals surface area contributed by atoms with Gasteiger partial charge >= 0.3 is 11.9 Å². The molecule has 0 heterocycles. The Hall–Kier alpha value is -1.58. The molecule has 2 fully saturated rings. The first-order valence-corrected chi connectivity index (χ1v) is 9.65. The number of fused-ring (bicyclic) bond motifs is 2. The quantitative estimate of drug-likeness (QED) is 0.607. The van der Waals surface area contributed by atoms with Crippen LogP contribution in [0.3, 0.4) is 0 Å². The molecule has 4 heteroatoms. The molecule has 2 aliphatic carbocycles. The molecular formula is C22H36O4. The van der Waals surface area contributed by atoms with E-state index in [9.17, 15) is 9.59 Å².